The van der Waals surface area contributed by atoms with Crippen LogP contribution < -0.4 is 5.32 Å². The summed E-state index contributed by atoms with van der Waals surface area (Å²) in [7, 11) is 2.05. The van der Waals surface area contributed by atoms with Crippen molar-refractivity contribution in [1.29, 1.82) is 0 Å². The van der Waals surface area contributed by atoms with Crippen LogP contribution in [-0.2, 0) is 4.79 Å². The van der Waals surface area contributed by atoms with Crippen molar-refractivity contribution in [2.75, 3.05) is 25.5 Å². The molecule has 1 amide bonds. The fraction of sp³-hybridized carbons (Fsp3) is 0.667. The zero-order chi connectivity index (χ0) is 12.7. The molecule has 0 saturated heterocycles. The Balaban J connectivity index is 2.21. The molecule has 0 unspecified atom stereocenters. The van der Waals surface area contributed by atoms with Gasteiger partial charge in [0.25, 0.3) is 0 Å². The van der Waals surface area contributed by atoms with Crippen LogP contribution in [0.5, 0.6) is 0 Å². The first-order chi connectivity index (χ1) is 8.11. The normalized spacial score (nSPS) is 10.8. The second-order valence-corrected chi connectivity index (χ2v) is 5.11. The number of aromatic nitrogens is 1. The summed E-state index contributed by atoms with van der Waals surface area (Å²) in [5, 5.41) is 5.45. The number of hydrogen-bond acceptors (Lipinski definition) is 4. The molecule has 0 spiro atoms. The lowest BCUT2D eigenvalue weighted by Crippen LogP contribution is -2.25. The number of hydrogen-bond donors (Lipinski definition) is 1. The van der Waals surface area contributed by atoms with E-state index in [4.69, 9.17) is 0 Å². The summed E-state index contributed by atoms with van der Waals surface area (Å²) >= 11 is 1.47. The van der Waals surface area contributed by atoms with E-state index < -0.39 is 0 Å². The van der Waals surface area contributed by atoms with Gasteiger partial charge in [-0.15, -0.1) is 11.3 Å². The van der Waals surface area contributed by atoms with Crippen molar-refractivity contribution >= 4 is 22.4 Å². The van der Waals surface area contributed by atoms with Crippen LogP contribution in [-0.4, -0.2) is 35.9 Å². The summed E-state index contributed by atoms with van der Waals surface area (Å²) in [5.74, 6) is 0.0442. The van der Waals surface area contributed by atoms with E-state index in [2.05, 4.69) is 29.2 Å². The molecule has 1 heterocycles. The Labute approximate surface area is 107 Å². The molecule has 1 N–H and O–H groups in total. The number of nitrogens with zero attached hydrogens (tertiary/aromatic N) is 2. The highest BCUT2D eigenvalue weighted by molar-refractivity contribution is 7.13. The Morgan fingerprint density at radius 2 is 2.29 bits per heavy atom. The third kappa shape index (κ3) is 5.79. The van der Waals surface area contributed by atoms with Crippen LogP contribution in [0, 0.1) is 6.92 Å². The molecule has 0 saturated carbocycles. The van der Waals surface area contributed by atoms with E-state index >= 15 is 0 Å². The Morgan fingerprint density at radius 3 is 2.88 bits per heavy atom. The molecule has 0 aromatic carbocycles. The lowest BCUT2D eigenvalue weighted by Gasteiger charge is -2.15. The molecule has 0 bridgehead atoms. The smallest absolute Gasteiger partial charge is 0.227 e. The van der Waals surface area contributed by atoms with Gasteiger partial charge in [0.2, 0.25) is 5.91 Å². The van der Waals surface area contributed by atoms with E-state index in [9.17, 15) is 4.79 Å². The van der Waals surface area contributed by atoms with Crippen LogP contribution in [0.25, 0.3) is 0 Å². The van der Waals surface area contributed by atoms with Crippen LogP contribution in [0.2, 0.25) is 0 Å². The quantitative estimate of drug-likeness (QED) is 0.814. The third-order valence-corrected chi connectivity index (χ3v) is 3.35. The molecular weight excluding hydrogens is 234 g/mol. The minimum Gasteiger partial charge on any atom is -0.306 e. The maximum absolute atomic E-state index is 11.6. The van der Waals surface area contributed by atoms with Gasteiger partial charge in [-0.1, -0.05) is 13.3 Å². The topological polar surface area (TPSA) is 45.2 Å². The highest BCUT2D eigenvalue weighted by atomic mass is 32.1. The Hall–Kier alpha value is -0.940. The van der Waals surface area contributed by atoms with Crippen molar-refractivity contribution < 1.29 is 4.79 Å². The SMILES string of the molecule is CCCCN(C)CCC(=O)Nc1nc(C)cs1. The number of nitrogens with one attached hydrogen (secondary N) is 1. The highest BCUT2D eigenvalue weighted by Gasteiger charge is 2.06. The zero-order valence-corrected chi connectivity index (χ0v) is 11.6. The lowest BCUT2D eigenvalue weighted by atomic mass is 10.3. The van der Waals surface area contributed by atoms with Crippen molar-refractivity contribution in [2.24, 2.45) is 0 Å². The number of rotatable bonds is 7. The Bertz CT molecular complexity index is 351. The minimum atomic E-state index is 0.0442. The van der Waals surface area contributed by atoms with E-state index in [0.29, 0.717) is 11.6 Å². The molecule has 0 aliphatic rings. The number of carbonyl (C=O) groups is 1. The molecule has 96 valence electrons. The first kappa shape index (κ1) is 14.1. The highest BCUT2D eigenvalue weighted by Crippen LogP contribution is 2.14. The van der Waals surface area contributed by atoms with Crippen molar-refractivity contribution in [3.8, 4) is 0 Å². The van der Waals surface area contributed by atoms with Gasteiger partial charge in [0, 0.05) is 18.3 Å². The van der Waals surface area contributed by atoms with Crippen molar-refractivity contribution in [1.82, 2.24) is 9.88 Å². The molecular formula is C12H21N3OS. The first-order valence-electron chi connectivity index (χ1n) is 6.02. The number of anilines is 1. The van der Waals surface area contributed by atoms with Gasteiger partial charge in [0.15, 0.2) is 5.13 Å². The fourth-order valence-electron chi connectivity index (χ4n) is 1.43. The van der Waals surface area contributed by atoms with Crippen molar-refractivity contribution in [3.05, 3.63) is 11.1 Å². The largest absolute Gasteiger partial charge is 0.306 e. The number of unbranched alkanes of at least 4 members (excludes halogenated alkanes) is 1. The second kappa shape index (κ2) is 7.40. The monoisotopic (exact) mass is 255 g/mol. The van der Waals surface area contributed by atoms with Gasteiger partial charge in [-0.2, -0.15) is 0 Å². The summed E-state index contributed by atoms with van der Waals surface area (Å²) in [5.41, 5.74) is 0.949. The molecule has 17 heavy (non-hydrogen) atoms. The van der Waals surface area contributed by atoms with Crippen LogP contribution >= 0.6 is 11.3 Å². The molecule has 0 aliphatic carbocycles. The van der Waals surface area contributed by atoms with E-state index in [0.717, 1.165) is 18.8 Å². The Morgan fingerprint density at radius 1 is 1.53 bits per heavy atom. The number of carbonyl (C=O) groups excluding carboxylic acids is 1. The van der Waals surface area contributed by atoms with Gasteiger partial charge < -0.3 is 10.2 Å². The predicted octanol–water partition coefficient (Wildman–Crippen LogP) is 2.51. The third-order valence-electron chi connectivity index (χ3n) is 2.48. The summed E-state index contributed by atoms with van der Waals surface area (Å²) in [6, 6.07) is 0. The van der Waals surface area contributed by atoms with Gasteiger partial charge in [0.1, 0.15) is 0 Å². The molecule has 0 fully saturated rings. The van der Waals surface area contributed by atoms with Gasteiger partial charge in [-0.25, -0.2) is 4.98 Å². The van der Waals surface area contributed by atoms with E-state index in [-0.39, 0.29) is 5.91 Å². The van der Waals surface area contributed by atoms with Gasteiger partial charge in [0.05, 0.1) is 5.69 Å². The maximum Gasteiger partial charge on any atom is 0.227 e. The first-order valence-corrected chi connectivity index (χ1v) is 6.90. The maximum atomic E-state index is 11.6. The summed E-state index contributed by atoms with van der Waals surface area (Å²) in [6.07, 6.45) is 2.90. The number of amides is 1. The summed E-state index contributed by atoms with van der Waals surface area (Å²) in [4.78, 5) is 18.0. The fourth-order valence-corrected chi connectivity index (χ4v) is 2.13. The average molecular weight is 255 g/mol. The molecule has 0 radical (unpaired) electrons. The summed E-state index contributed by atoms with van der Waals surface area (Å²) < 4.78 is 0. The number of aryl methyl sites for hydroxylation is 1. The average Bonchev–Trinajstić information content (AvgIpc) is 2.69. The van der Waals surface area contributed by atoms with Gasteiger partial charge in [-0.3, -0.25) is 4.79 Å². The van der Waals surface area contributed by atoms with Gasteiger partial charge in [-0.05, 0) is 26.9 Å². The molecule has 1 rings (SSSR count). The second-order valence-electron chi connectivity index (χ2n) is 4.25. The molecule has 1 aromatic heterocycles. The Kier molecular flexibility index (Phi) is 6.15. The predicted molar refractivity (Wildman–Crippen MR) is 72.5 cm³/mol. The van der Waals surface area contributed by atoms with Crippen LogP contribution in [0.15, 0.2) is 5.38 Å². The van der Waals surface area contributed by atoms with E-state index in [1.165, 1.54) is 24.2 Å². The molecule has 0 aliphatic heterocycles. The molecule has 5 heteroatoms. The molecule has 1 aromatic rings. The van der Waals surface area contributed by atoms with Gasteiger partial charge >= 0.3 is 0 Å². The standard InChI is InChI=1S/C12H21N3OS/c1-4-5-7-15(3)8-6-11(16)14-12-13-10(2)9-17-12/h9H,4-8H2,1-3H3,(H,13,14,16). The van der Waals surface area contributed by atoms with Crippen molar-refractivity contribution in [2.45, 2.75) is 33.1 Å². The van der Waals surface area contributed by atoms with Crippen LogP contribution in [0.3, 0.4) is 0 Å². The number of thiazole rings is 1. The molecule has 0 atom stereocenters. The minimum absolute atomic E-state index is 0.0442. The van der Waals surface area contributed by atoms with Crippen molar-refractivity contribution in [3.63, 3.8) is 0 Å². The van der Waals surface area contributed by atoms with E-state index in [1.807, 2.05) is 12.3 Å². The summed E-state index contributed by atoms with van der Waals surface area (Å²) in [6.45, 7) is 5.95. The van der Waals surface area contributed by atoms with Crippen LogP contribution in [0.4, 0.5) is 5.13 Å². The van der Waals surface area contributed by atoms with Crippen LogP contribution in [0.1, 0.15) is 31.9 Å². The van der Waals surface area contributed by atoms with E-state index in [1.54, 1.807) is 0 Å². The zero-order valence-electron chi connectivity index (χ0n) is 10.8. The molecule has 4 nitrogen and oxygen atoms in total. The lowest BCUT2D eigenvalue weighted by molar-refractivity contribution is -0.116.